The van der Waals surface area contributed by atoms with Crippen molar-refractivity contribution in [3.8, 4) is 0 Å². The molecular formula is C58H105NO8. The van der Waals surface area contributed by atoms with Crippen LogP contribution in [0.3, 0.4) is 0 Å². The molecule has 4 fully saturated rings. The van der Waals surface area contributed by atoms with E-state index in [0.29, 0.717) is 45.5 Å². The zero-order chi connectivity index (χ0) is 48.5. The van der Waals surface area contributed by atoms with Crippen LogP contribution >= 0.6 is 0 Å². The molecule has 0 aliphatic heterocycles. The van der Waals surface area contributed by atoms with Crippen LogP contribution in [0.15, 0.2) is 0 Å². The monoisotopic (exact) mass is 944 g/mol. The van der Waals surface area contributed by atoms with E-state index in [4.69, 9.17) is 18.9 Å². The Bertz CT molecular complexity index is 1210. The third-order valence-electron chi connectivity index (χ3n) is 15.9. The van der Waals surface area contributed by atoms with Gasteiger partial charge in [-0.1, -0.05) is 189 Å². The molecule has 0 N–H and O–H groups in total. The van der Waals surface area contributed by atoms with Gasteiger partial charge in [-0.05, 0) is 83.8 Å². The highest BCUT2D eigenvalue weighted by atomic mass is 16.5. The van der Waals surface area contributed by atoms with Gasteiger partial charge in [-0.3, -0.25) is 19.2 Å². The van der Waals surface area contributed by atoms with Crippen molar-refractivity contribution >= 4 is 23.9 Å². The van der Waals surface area contributed by atoms with Crippen molar-refractivity contribution in [2.75, 3.05) is 46.1 Å². The molecule has 0 spiro atoms. The molecule has 390 valence electrons. The maximum Gasteiger partial charge on any atom is 0.305 e. The molecule has 9 nitrogen and oxygen atoms in total. The van der Waals surface area contributed by atoms with Crippen molar-refractivity contribution in [2.45, 2.75) is 279 Å². The number of nitrogens with zero attached hydrogens (tertiary/aromatic N) is 1. The molecule has 4 aliphatic rings. The lowest BCUT2D eigenvalue weighted by Gasteiger charge is -2.69. The number of unbranched alkanes of at least 4 members (excludes halogenated alkanes) is 24. The molecule has 0 aromatic carbocycles. The van der Waals surface area contributed by atoms with Crippen LogP contribution in [-0.4, -0.2) is 74.8 Å². The lowest BCUT2D eigenvalue weighted by Crippen LogP contribution is -2.65. The van der Waals surface area contributed by atoms with Crippen LogP contribution in [0.5, 0.6) is 0 Å². The molecule has 4 aliphatic carbocycles. The van der Waals surface area contributed by atoms with Gasteiger partial charge in [0.1, 0.15) is 0 Å². The van der Waals surface area contributed by atoms with Gasteiger partial charge in [-0.15, -0.1) is 0 Å². The fourth-order valence-corrected chi connectivity index (χ4v) is 13.1. The lowest BCUT2D eigenvalue weighted by molar-refractivity contribution is -0.249. The Labute approximate surface area is 411 Å². The Morgan fingerprint density at radius 3 is 0.746 bits per heavy atom. The van der Waals surface area contributed by atoms with E-state index in [2.05, 4.69) is 39.5 Å². The highest BCUT2D eigenvalue weighted by Crippen LogP contribution is 2.74. The fourth-order valence-electron chi connectivity index (χ4n) is 13.1. The number of esters is 4. The van der Waals surface area contributed by atoms with E-state index in [1.54, 1.807) is 0 Å². The van der Waals surface area contributed by atoms with Crippen molar-refractivity contribution in [3.63, 3.8) is 0 Å². The number of hydrogen-bond donors (Lipinski definition) is 0. The molecule has 0 saturated heterocycles. The number of carbonyl (C=O) groups excluding carboxylic acids is 4. The van der Waals surface area contributed by atoms with Gasteiger partial charge in [0.2, 0.25) is 0 Å². The fraction of sp³-hybridized carbons (Fsp3) is 0.931. The third kappa shape index (κ3) is 24.0. The van der Waals surface area contributed by atoms with Crippen LogP contribution in [-0.2, 0) is 38.1 Å². The summed E-state index contributed by atoms with van der Waals surface area (Å²) in [4.78, 5) is 56.0. The maximum atomic E-state index is 13.4. The van der Waals surface area contributed by atoms with E-state index in [0.717, 1.165) is 122 Å². The van der Waals surface area contributed by atoms with Crippen LogP contribution in [0, 0.1) is 21.7 Å². The predicted molar refractivity (Wildman–Crippen MR) is 274 cm³/mol. The Morgan fingerprint density at radius 2 is 0.522 bits per heavy atom. The van der Waals surface area contributed by atoms with Crippen molar-refractivity contribution in [1.29, 1.82) is 0 Å². The van der Waals surface area contributed by atoms with E-state index in [1.807, 2.05) is 0 Å². The molecule has 0 unspecified atom stereocenters. The number of rotatable bonds is 44. The lowest BCUT2D eigenvalue weighted by atomic mass is 9.36. The molecular weight excluding hydrogens is 839 g/mol. The van der Waals surface area contributed by atoms with Gasteiger partial charge in [-0.2, -0.15) is 0 Å². The summed E-state index contributed by atoms with van der Waals surface area (Å²) in [6.07, 6.45) is 39.2. The van der Waals surface area contributed by atoms with Gasteiger partial charge < -0.3 is 23.8 Å². The van der Waals surface area contributed by atoms with Crippen molar-refractivity contribution < 1.29 is 38.1 Å². The predicted octanol–water partition coefficient (Wildman–Crippen LogP) is 15.4. The topological polar surface area (TPSA) is 108 Å². The molecule has 4 saturated carbocycles. The first kappa shape index (κ1) is 59.2. The van der Waals surface area contributed by atoms with Gasteiger partial charge >= 0.3 is 23.9 Å². The average Bonchev–Trinajstić information content (AvgIpc) is 3.31. The second-order valence-electron chi connectivity index (χ2n) is 22.6. The first-order valence-electron chi connectivity index (χ1n) is 28.8. The van der Waals surface area contributed by atoms with E-state index in [1.165, 1.54) is 116 Å². The van der Waals surface area contributed by atoms with Gasteiger partial charge in [0.05, 0.1) is 26.4 Å². The van der Waals surface area contributed by atoms with Crippen LogP contribution in [0.2, 0.25) is 0 Å². The number of hydrogen-bond acceptors (Lipinski definition) is 9. The SMILES string of the molecule is CCCCCCCCCCCC(=O)OCC12CC3(COC(=O)CCCCCCCCCCC)CC(COC(=O)CCCCCCCCCCC)(C1)CC(COC(=O)CCCN(CC)CC)(C2)C3. The molecule has 4 bridgehead atoms. The van der Waals surface area contributed by atoms with Gasteiger partial charge in [-0.25, -0.2) is 0 Å². The minimum Gasteiger partial charge on any atom is -0.465 e. The quantitative estimate of drug-likeness (QED) is 0.0335. The van der Waals surface area contributed by atoms with Crippen LogP contribution in [0.1, 0.15) is 279 Å². The van der Waals surface area contributed by atoms with Crippen molar-refractivity contribution in [1.82, 2.24) is 4.90 Å². The van der Waals surface area contributed by atoms with E-state index in [9.17, 15) is 19.2 Å². The minimum atomic E-state index is -0.389. The zero-order valence-corrected chi connectivity index (χ0v) is 44.5. The summed E-state index contributed by atoms with van der Waals surface area (Å²) in [6.45, 7) is 15.0. The number of carbonyl (C=O) groups is 4. The Kier molecular flexibility index (Phi) is 30.2. The molecule has 67 heavy (non-hydrogen) atoms. The average molecular weight is 944 g/mol. The highest BCUT2D eigenvalue weighted by molar-refractivity contribution is 5.70. The molecule has 0 aromatic rings. The molecule has 0 radical (unpaired) electrons. The van der Waals surface area contributed by atoms with Gasteiger partial charge in [0, 0.05) is 47.3 Å². The summed E-state index contributed by atoms with van der Waals surface area (Å²) >= 11 is 0. The van der Waals surface area contributed by atoms with E-state index < -0.39 is 0 Å². The number of ether oxygens (including phenoxy) is 4. The molecule has 0 aromatic heterocycles. The Balaban J connectivity index is 1.72. The van der Waals surface area contributed by atoms with Crippen LogP contribution in [0.25, 0.3) is 0 Å². The van der Waals surface area contributed by atoms with Crippen molar-refractivity contribution in [2.24, 2.45) is 21.7 Å². The first-order valence-corrected chi connectivity index (χ1v) is 28.8. The van der Waals surface area contributed by atoms with Crippen molar-refractivity contribution in [3.05, 3.63) is 0 Å². The summed E-state index contributed by atoms with van der Waals surface area (Å²) in [6, 6.07) is 0. The molecule has 0 amide bonds. The van der Waals surface area contributed by atoms with E-state index in [-0.39, 0.29) is 52.1 Å². The second-order valence-corrected chi connectivity index (χ2v) is 22.6. The smallest absolute Gasteiger partial charge is 0.305 e. The van der Waals surface area contributed by atoms with E-state index >= 15 is 0 Å². The Morgan fingerprint density at radius 1 is 0.313 bits per heavy atom. The summed E-state index contributed by atoms with van der Waals surface area (Å²) in [7, 11) is 0. The minimum absolute atomic E-state index is 0.143. The summed E-state index contributed by atoms with van der Waals surface area (Å²) < 4.78 is 25.0. The summed E-state index contributed by atoms with van der Waals surface area (Å²) in [5, 5.41) is 0. The zero-order valence-electron chi connectivity index (χ0n) is 44.5. The second kappa shape index (κ2) is 34.2. The third-order valence-corrected chi connectivity index (χ3v) is 15.9. The molecule has 0 atom stereocenters. The normalized spacial score (nSPS) is 22.9. The van der Waals surface area contributed by atoms with Crippen LogP contribution in [0.4, 0.5) is 0 Å². The maximum absolute atomic E-state index is 13.4. The summed E-state index contributed by atoms with van der Waals surface area (Å²) in [5.74, 6) is -0.604. The summed E-state index contributed by atoms with van der Waals surface area (Å²) in [5.41, 5.74) is -1.54. The molecule has 0 heterocycles. The van der Waals surface area contributed by atoms with Crippen LogP contribution < -0.4 is 0 Å². The standard InChI is InChI=1S/C58H105NO8/c1-6-11-14-17-20-23-26-29-32-36-51(60)64-47-55-41-56(48-65-52(61)37-33-30-27-24-21-18-15-12-7-2)43-57(42-55,49-66-53(62)38-34-31-28-25-22-19-16-13-8-3)46-58(44-55,45-56)50-67-54(63)39-35-40-59(9-4)10-5/h6-50H2,1-5H3. The van der Waals surface area contributed by atoms with Gasteiger partial charge in [0.15, 0.2) is 0 Å². The largest absolute Gasteiger partial charge is 0.465 e. The molecule has 9 heteroatoms. The Hall–Kier alpha value is -2.16. The molecule has 4 rings (SSSR count). The highest BCUT2D eigenvalue weighted by Gasteiger charge is 2.69. The van der Waals surface area contributed by atoms with Gasteiger partial charge in [0.25, 0.3) is 0 Å². The first-order chi connectivity index (χ1) is 32.5.